The van der Waals surface area contributed by atoms with E-state index in [1.165, 1.54) is 5.56 Å². The number of hydrogen-bond acceptors (Lipinski definition) is 3. The van der Waals surface area contributed by atoms with Crippen molar-refractivity contribution in [1.29, 1.82) is 0 Å². The van der Waals surface area contributed by atoms with Crippen LogP contribution < -0.4 is 5.32 Å². The first kappa shape index (κ1) is 14.1. The van der Waals surface area contributed by atoms with Gasteiger partial charge < -0.3 is 9.84 Å². The molecule has 3 rings (SSSR count). The van der Waals surface area contributed by atoms with Crippen LogP contribution in [0.4, 0.5) is 5.69 Å². The first-order chi connectivity index (χ1) is 10.6. The van der Waals surface area contributed by atoms with E-state index in [9.17, 15) is 4.79 Å². The number of nitrogens with one attached hydrogen (secondary N) is 1. The molecule has 0 aliphatic rings. The molecule has 4 nitrogen and oxygen atoms in total. The zero-order valence-corrected chi connectivity index (χ0v) is 12.5. The zero-order valence-electron chi connectivity index (χ0n) is 12.5. The van der Waals surface area contributed by atoms with Crippen LogP contribution in [-0.2, 0) is 0 Å². The van der Waals surface area contributed by atoms with Crippen LogP contribution in [0.3, 0.4) is 0 Å². The van der Waals surface area contributed by atoms with Crippen LogP contribution in [-0.4, -0.2) is 11.1 Å². The molecular formula is C18H16N2O2. The second-order valence-electron chi connectivity index (χ2n) is 5.26. The number of carbonyl (C=O) groups excluding carboxylic acids is 1. The number of nitrogens with zero attached hydrogens (tertiary/aromatic N) is 1. The highest BCUT2D eigenvalue weighted by atomic mass is 16.5. The van der Waals surface area contributed by atoms with E-state index >= 15 is 0 Å². The van der Waals surface area contributed by atoms with Crippen molar-refractivity contribution >= 4 is 11.6 Å². The molecule has 1 heterocycles. The Morgan fingerprint density at radius 2 is 1.55 bits per heavy atom. The molecule has 0 saturated heterocycles. The molecule has 1 N–H and O–H groups in total. The van der Waals surface area contributed by atoms with Gasteiger partial charge >= 0.3 is 0 Å². The van der Waals surface area contributed by atoms with Gasteiger partial charge in [0.15, 0.2) is 0 Å². The fourth-order valence-electron chi connectivity index (χ4n) is 2.07. The van der Waals surface area contributed by atoms with E-state index in [1.54, 1.807) is 6.07 Å². The minimum absolute atomic E-state index is 0.191. The third kappa shape index (κ3) is 3.06. The lowest BCUT2D eigenvalue weighted by Gasteiger charge is -2.02. The summed E-state index contributed by atoms with van der Waals surface area (Å²) in [5.74, 6) is -0.120. The Balaban J connectivity index is 1.76. The summed E-state index contributed by atoms with van der Waals surface area (Å²) in [5, 5.41) is 6.74. The average Bonchev–Trinajstić information content (AvgIpc) is 3.00. The first-order valence-electron chi connectivity index (χ1n) is 7.03. The standard InChI is InChI=1S/C18H16N2O2/c1-12-3-7-14(8-4-12)16-11-17(22-20-16)18(21)19-15-9-5-13(2)6-10-15/h3-11H,1-2H3,(H,19,21). The lowest BCUT2D eigenvalue weighted by molar-refractivity contribution is 0.0988. The molecule has 0 aliphatic carbocycles. The number of amides is 1. The van der Waals surface area contributed by atoms with Gasteiger partial charge in [-0.3, -0.25) is 4.79 Å². The van der Waals surface area contributed by atoms with Gasteiger partial charge in [0.25, 0.3) is 5.91 Å². The van der Waals surface area contributed by atoms with Crippen molar-refractivity contribution in [2.24, 2.45) is 0 Å². The van der Waals surface area contributed by atoms with Crippen molar-refractivity contribution < 1.29 is 9.32 Å². The Morgan fingerprint density at radius 1 is 0.955 bits per heavy atom. The molecule has 1 aromatic heterocycles. The van der Waals surface area contributed by atoms with Gasteiger partial charge in [0.1, 0.15) is 5.69 Å². The number of hydrogen-bond donors (Lipinski definition) is 1. The third-order valence-electron chi connectivity index (χ3n) is 3.39. The summed E-state index contributed by atoms with van der Waals surface area (Å²) in [4.78, 5) is 12.2. The maximum atomic E-state index is 12.2. The summed E-state index contributed by atoms with van der Waals surface area (Å²) >= 11 is 0. The fourth-order valence-corrected chi connectivity index (χ4v) is 2.07. The summed E-state index contributed by atoms with van der Waals surface area (Å²) in [6, 6.07) is 17.1. The van der Waals surface area contributed by atoms with Gasteiger partial charge in [-0.05, 0) is 26.0 Å². The summed E-state index contributed by atoms with van der Waals surface area (Å²) < 4.78 is 5.14. The Morgan fingerprint density at radius 3 is 2.18 bits per heavy atom. The van der Waals surface area contributed by atoms with Gasteiger partial charge in [0.05, 0.1) is 0 Å². The van der Waals surface area contributed by atoms with E-state index in [0.717, 1.165) is 16.8 Å². The molecule has 0 bridgehead atoms. The molecule has 110 valence electrons. The average molecular weight is 292 g/mol. The van der Waals surface area contributed by atoms with Crippen LogP contribution in [0.15, 0.2) is 59.1 Å². The smallest absolute Gasteiger partial charge is 0.294 e. The Hall–Kier alpha value is -2.88. The van der Waals surface area contributed by atoms with Gasteiger partial charge in [0.2, 0.25) is 5.76 Å². The molecule has 0 spiro atoms. The summed E-state index contributed by atoms with van der Waals surface area (Å²) in [5.41, 5.74) is 4.60. The molecule has 4 heteroatoms. The molecule has 0 saturated carbocycles. The van der Waals surface area contributed by atoms with Crippen molar-refractivity contribution in [3.63, 3.8) is 0 Å². The van der Waals surface area contributed by atoms with Gasteiger partial charge in [-0.1, -0.05) is 52.7 Å². The van der Waals surface area contributed by atoms with Crippen molar-refractivity contribution in [2.75, 3.05) is 5.32 Å². The molecule has 22 heavy (non-hydrogen) atoms. The maximum Gasteiger partial charge on any atom is 0.294 e. The second kappa shape index (κ2) is 5.85. The molecule has 0 atom stereocenters. The number of rotatable bonds is 3. The SMILES string of the molecule is Cc1ccc(NC(=O)c2cc(-c3ccc(C)cc3)no2)cc1. The van der Waals surface area contributed by atoms with Gasteiger partial charge in [0, 0.05) is 17.3 Å². The molecular weight excluding hydrogens is 276 g/mol. The van der Waals surface area contributed by atoms with Crippen molar-refractivity contribution in [3.8, 4) is 11.3 Å². The van der Waals surface area contributed by atoms with E-state index in [4.69, 9.17) is 4.52 Å². The summed E-state index contributed by atoms with van der Waals surface area (Å²) in [6.45, 7) is 4.02. The van der Waals surface area contributed by atoms with Gasteiger partial charge in [-0.2, -0.15) is 0 Å². The van der Waals surface area contributed by atoms with Crippen LogP contribution >= 0.6 is 0 Å². The van der Waals surface area contributed by atoms with E-state index in [-0.39, 0.29) is 11.7 Å². The topological polar surface area (TPSA) is 55.1 Å². The number of carbonyl (C=O) groups is 1. The number of aromatic nitrogens is 1. The minimum atomic E-state index is -0.310. The normalized spacial score (nSPS) is 10.5. The Labute approximate surface area is 128 Å². The molecule has 2 aromatic carbocycles. The van der Waals surface area contributed by atoms with Crippen molar-refractivity contribution in [1.82, 2.24) is 5.16 Å². The highest BCUT2D eigenvalue weighted by Gasteiger charge is 2.14. The van der Waals surface area contributed by atoms with Crippen LogP contribution in [0.2, 0.25) is 0 Å². The van der Waals surface area contributed by atoms with E-state index in [2.05, 4.69) is 10.5 Å². The quantitative estimate of drug-likeness (QED) is 0.786. The first-order valence-corrected chi connectivity index (χ1v) is 7.03. The number of benzene rings is 2. The Kier molecular flexibility index (Phi) is 3.74. The van der Waals surface area contributed by atoms with Crippen molar-refractivity contribution in [3.05, 3.63) is 71.5 Å². The van der Waals surface area contributed by atoms with Gasteiger partial charge in [-0.15, -0.1) is 0 Å². The highest BCUT2D eigenvalue weighted by Crippen LogP contribution is 2.20. The second-order valence-corrected chi connectivity index (χ2v) is 5.26. The summed E-state index contributed by atoms with van der Waals surface area (Å²) in [7, 11) is 0. The lowest BCUT2D eigenvalue weighted by Crippen LogP contribution is -2.10. The van der Waals surface area contributed by atoms with Gasteiger partial charge in [-0.25, -0.2) is 0 Å². The Bertz CT molecular complexity index is 787. The fraction of sp³-hybridized carbons (Fsp3) is 0.111. The highest BCUT2D eigenvalue weighted by molar-refractivity contribution is 6.02. The maximum absolute atomic E-state index is 12.2. The van der Waals surface area contributed by atoms with Crippen LogP contribution in [0.1, 0.15) is 21.7 Å². The van der Waals surface area contributed by atoms with E-state index in [1.807, 2.05) is 62.4 Å². The summed E-state index contributed by atoms with van der Waals surface area (Å²) in [6.07, 6.45) is 0. The number of aryl methyl sites for hydroxylation is 2. The van der Waals surface area contributed by atoms with Crippen LogP contribution in [0.25, 0.3) is 11.3 Å². The van der Waals surface area contributed by atoms with E-state index in [0.29, 0.717) is 5.69 Å². The predicted molar refractivity (Wildman–Crippen MR) is 85.8 cm³/mol. The van der Waals surface area contributed by atoms with Crippen LogP contribution in [0.5, 0.6) is 0 Å². The van der Waals surface area contributed by atoms with E-state index < -0.39 is 0 Å². The molecule has 1 amide bonds. The largest absolute Gasteiger partial charge is 0.350 e. The molecule has 3 aromatic rings. The zero-order chi connectivity index (χ0) is 15.5. The molecule has 0 unspecified atom stereocenters. The van der Waals surface area contributed by atoms with Crippen LogP contribution in [0, 0.1) is 13.8 Å². The predicted octanol–water partition coefficient (Wildman–Crippen LogP) is 4.21. The van der Waals surface area contributed by atoms with Crippen molar-refractivity contribution in [2.45, 2.75) is 13.8 Å². The minimum Gasteiger partial charge on any atom is -0.350 e. The lowest BCUT2D eigenvalue weighted by atomic mass is 10.1. The monoisotopic (exact) mass is 292 g/mol. The molecule has 0 fully saturated rings. The molecule has 0 aliphatic heterocycles. The third-order valence-corrected chi connectivity index (χ3v) is 3.39. The number of anilines is 1. The molecule has 0 radical (unpaired) electrons.